The van der Waals surface area contributed by atoms with Gasteiger partial charge in [0, 0.05) is 55.3 Å². The second-order valence-corrected chi connectivity index (χ2v) is 19.6. The van der Waals surface area contributed by atoms with Crippen LogP contribution in [0.1, 0.15) is 25.0 Å². The summed E-state index contributed by atoms with van der Waals surface area (Å²) < 4.78 is 8.99. The van der Waals surface area contributed by atoms with Gasteiger partial charge in [0.25, 0.3) is 0 Å². The average molecular weight is 921 g/mol. The van der Waals surface area contributed by atoms with Gasteiger partial charge in [0.15, 0.2) is 0 Å². The zero-order chi connectivity index (χ0) is 47.9. The Bertz CT molecular complexity index is 4240. The van der Waals surface area contributed by atoms with Crippen molar-refractivity contribution in [3.05, 3.63) is 266 Å². The fourth-order valence-corrected chi connectivity index (χ4v) is 11.7. The Kier molecular flexibility index (Phi) is 9.56. The molecular weight excluding hydrogens is 873 g/mol. The van der Waals surface area contributed by atoms with Crippen LogP contribution < -0.4 is 4.90 Å². The summed E-state index contributed by atoms with van der Waals surface area (Å²) in [5, 5.41) is 9.56. The van der Waals surface area contributed by atoms with Gasteiger partial charge in [0.1, 0.15) is 11.2 Å². The number of rotatable bonds is 6. The van der Waals surface area contributed by atoms with Crippen molar-refractivity contribution in [3.63, 3.8) is 0 Å². The number of para-hydroxylation sites is 4. The zero-order valence-corrected chi connectivity index (χ0v) is 40.1. The molecule has 2 heterocycles. The number of anilines is 3. The molecule has 3 heteroatoms. The molecule has 0 unspecified atom stereocenters. The van der Waals surface area contributed by atoms with Crippen LogP contribution >= 0.6 is 0 Å². The molecule has 0 atom stereocenters. The highest BCUT2D eigenvalue weighted by molar-refractivity contribution is 6.19. The summed E-state index contributed by atoms with van der Waals surface area (Å²) in [7, 11) is 0. The number of hydrogen-bond donors (Lipinski definition) is 0. The molecule has 13 aromatic rings. The Morgan fingerprint density at radius 2 is 0.792 bits per heavy atom. The lowest BCUT2D eigenvalue weighted by Gasteiger charge is -2.28. The first-order valence-electron chi connectivity index (χ1n) is 24.9. The highest BCUT2D eigenvalue weighted by Crippen LogP contribution is 2.52. The maximum atomic E-state index is 6.49. The van der Waals surface area contributed by atoms with E-state index in [0.717, 1.165) is 66.8 Å². The van der Waals surface area contributed by atoms with Crippen molar-refractivity contribution >= 4 is 82.4 Å². The molecule has 3 nitrogen and oxygen atoms in total. The topological polar surface area (TPSA) is 21.3 Å². The van der Waals surface area contributed by atoms with Crippen LogP contribution in [0.3, 0.4) is 0 Å². The normalized spacial score (nSPS) is 12.7. The van der Waals surface area contributed by atoms with Crippen LogP contribution in [0, 0.1) is 0 Å². The standard InChI is InChI=1S/C69H48N2O/c1-69(2)63-43-50(70(48-35-31-46(32-36-48)45-17-4-3-5-18-45)49-37-33-47(34-38-49)52-26-16-27-62-61-25-12-15-30-67(61)72-68(52)62)39-41-57(63)58-42-40-51(44-64(58)69)71-65-28-13-10-23-59(65)55-21-8-6-19-53(55)54-20-7-9-22-56(54)60-24-11-14-29-66(60)71/h3-44H,1-2H3. The minimum absolute atomic E-state index is 0.313. The minimum atomic E-state index is -0.313. The molecule has 11 aromatic carbocycles. The summed E-state index contributed by atoms with van der Waals surface area (Å²) in [4.78, 5) is 2.40. The highest BCUT2D eigenvalue weighted by atomic mass is 16.3. The summed E-state index contributed by atoms with van der Waals surface area (Å²) in [6.07, 6.45) is 0. The van der Waals surface area contributed by atoms with Crippen LogP contribution in [0.15, 0.2) is 259 Å². The molecule has 0 bridgehead atoms. The van der Waals surface area contributed by atoms with Crippen molar-refractivity contribution < 1.29 is 4.42 Å². The van der Waals surface area contributed by atoms with Crippen molar-refractivity contribution in [3.8, 4) is 39.1 Å². The van der Waals surface area contributed by atoms with Crippen LogP contribution in [-0.4, -0.2) is 4.57 Å². The van der Waals surface area contributed by atoms with E-state index in [0.29, 0.717) is 0 Å². The van der Waals surface area contributed by atoms with Gasteiger partial charge in [-0.3, -0.25) is 0 Å². The minimum Gasteiger partial charge on any atom is -0.455 e. The Hall–Kier alpha value is -9.18. The van der Waals surface area contributed by atoms with Crippen LogP contribution in [0.5, 0.6) is 0 Å². The number of aromatic nitrogens is 1. The molecule has 1 aliphatic carbocycles. The summed E-state index contributed by atoms with van der Waals surface area (Å²) in [6, 6.07) is 93.1. The predicted octanol–water partition coefficient (Wildman–Crippen LogP) is 19.2. The van der Waals surface area contributed by atoms with Gasteiger partial charge < -0.3 is 13.9 Å². The summed E-state index contributed by atoms with van der Waals surface area (Å²) >= 11 is 0. The quantitative estimate of drug-likeness (QED) is 0.166. The number of benzene rings is 11. The molecule has 0 N–H and O–H groups in total. The summed E-state index contributed by atoms with van der Waals surface area (Å²) in [6.45, 7) is 4.79. The van der Waals surface area contributed by atoms with E-state index < -0.39 is 0 Å². The van der Waals surface area contributed by atoms with E-state index in [-0.39, 0.29) is 5.41 Å². The lowest BCUT2D eigenvalue weighted by molar-refractivity contribution is 0.660. The SMILES string of the molecule is CC1(C)c2cc(N(c3ccc(-c4ccccc4)cc3)c3ccc(-c4cccc5c4oc4ccccc45)cc3)ccc2-c2ccc(-n3c4ccccc4c4ccccc4c4ccccc4c4ccccc43)cc21. The van der Waals surface area contributed by atoms with Crippen LogP contribution in [-0.2, 0) is 5.41 Å². The van der Waals surface area contributed by atoms with E-state index in [1.54, 1.807) is 0 Å². The van der Waals surface area contributed by atoms with Crippen molar-refractivity contribution in [2.75, 3.05) is 4.90 Å². The van der Waals surface area contributed by atoms with Gasteiger partial charge in [0.2, 0.25) is 0 Å². The third-order valence-corrected chi connectivity index (χ3v) is 15.2. The van der Waals surface area contributed by atoms with Gasteiger partial charge >= 0.3 is 0 Å². The molecule has 1 aliphatic rings. The largest absolute Gasteiger partial charge is 0.455 e. The molecule has 0 amide bonds. The zero-order valence-electron chi connectivity index (χ0n) is 40.1. The first-order chi connectivity index (χ1) is 35.5. The van der Waals surface area contributed by atoms with E-state index >= 15 is 0 Å². The van der Waals surface area contributed by atoms with Gasteiger partial charge in [-0.05, 0) is 127 Å². The fourth-order valence-electron chi connectivity index (χ4n) is 11.7. The highest BCUT2D eigenvalue weighted by Gasteiger charge is 2.36. The van der Waals surface area contributed by atoms with Crippen LogP contribution in [0.4, 0.5) is 17.1 Å². The van der Waals surface area contributed by atoms with E-state index in [1.807, 2.05) is 12.1 Å². The smallest absolute Gasteiger partial charge is 0.143 e. The van der Waals surface area contributed by atoms with E-state index in [4.69, 9.17) is 4.42 Å². The van der Waals surface area contributed by atoms with Crippen molar-refractivity contribution in [1.82, 2.24) is 4.57 Å². The molecule has 0 saturated heterocycles. The third kappa shape index (κ3) is 6.58. The maximum absolute atomic E-state index is 6.49. The number of hydrogen-bond acceptors (Lipinski definition) is 2. The van der Waals surface area contributed by atoms with Crippen LogP contribution in [0.2, 0.25) is 0 Å². The Morgan fingerprint density at radius 3 is 1.42 bits per heavy atom. The van der Waals surface area contributed by atoms with Gasteiger partial charge in [-0.25, -0.2) is 0 Å². The molecule has 2 aromatic heterocycles. The summed E-state index contributed by atoms with van der Waals surface area (Å²) in [5.74, 6) is 0. The molecule has 0 fully saturated rings. The third-order valence-electron chi connectivity index (χ3n) is 15.2. The van der Waals surface area contributed by atoms with Gasteiger partial charge in [-0.1, -0.05) is 202 Å². The maximum Gasteiger partial charge on any atom is 0.143 e. The van der Waals surface area contributed by atoms with E-state index in [9.17, 15) is 0 Å². The van der Waals surface area contributed by atoms with Gasteiger partial charge in [-0.15, -0.1) is 0 Å². The van der Waals surface area contributed by atoms with Crippen molar-refractivity contribution in [2.24, 2.45) is 0 Å². The average Bonchev–Trinajstić information content (AvgIpc) is 3.94. The molecule has 0 saturated carbocycles. The lowest BCUT2D eigenvalue weighted by Crippen LogP contribution is -2.17. The first kappa shape index (κ1) is 41.8. The number of nitrogens with zero attached hydrogens (tertiary/aromatic N) is 2. The molecule has 72 heavy (non-hydrogen) atoms. The lowest BCUT2D eigenvalue weighted by atomic mass is 9.82. The van der Waals surface area contributed by atoms with Crippen LogP contribution in [0.25, 0.3) is 104 Å². The first-order valence-corrected chi connectivity index (χ1v) is 24.9. The second-order valence-electron chi connectivity index (χ2n) is 19.6. The number of furan rings is 1. The number of fused-ring (bicyclic) bond motifs is 13. The van der Waals surface area contributed by atoms with Crippen molar-refractivity contribution in [1.29, 1.82) is 0 Å². The molecular formula is C69H48N2O. The Balaban J connectivity index is 0.919. The summed E-state index contributed by atoms with van der Waals surface area (Å²) in [5.41, 5.74) is 17.9. The van der Waals surface area contributed by atoms with Gasteiger partial charge in [-0.2, -0.15) is 0 Å². The Labute approximate surface area is 418 Å². The molecule has 340 valence electrons. The molecule has 0 spiro atoms. The van der Waals surface area contributed by atoms with Gasteiger partial charge in [0.05, 0.1) is 11.0 Å². The second kappa shape index (κ2) is 16.5. The monoisotopic (exact) mass is 920 g/mol. The molecule has 14 rings (SSSR count). The molecule has 0 aliphatic heterocycles. The van der Waals surface area contributed by atoms with E-state index in [1.165, 1.54) is 65.7 Å². The Morgan fingerprint density at radius 1 is 0.333 bits per heavy atom. The van der Waals surface area contributed by atoms with E-state index in [2.05, 4.69) is 266 Å². The fraction of sp³-hybridized carbons (Fsp3) is 0.0435. The predicted molar refractivity (Wildman–Crippen MR) is 304 cm³/mol. The van der Waals surface area contributed by atoms with Crippen molar-refractivity contribution in [2.45, 2.75) is 19.3 Å². The molecule has 0 radical (unpaired) electrons.